The molecule has 1 N–H and O–H groups in total. The molecule has 0 aliphatic rings. The fourth-order valence-electron chi connectivity index (χ4n) is 1.19. The Bertz CT molecular complexity index is 437. The molecule has 0 radical (unpaired) electrons. The van der Waals surface area contributed by atoms with Gasteiger partial charge in [-0.3, -0.25) is 15.1 Å². The second-order valence-electron chi connectivity index (χ2n) is 3.04. The van der Waals surface area contributed by atoms with E-state index in [4.69, 9.17) is 28.6 Å². The van der Waals surface area contributed by atoms with Crippen molar-refractivity contribution in [1.29, 1.82) is 5.41 Å². The number of amidine groups is 1. The van der Waals surface area contributed by atoms with Crippen LogP contribution in [0.25, 0.3) is 0 Å². The van der Waals surface area contributed by atoms with E-state index in [0.717, 1.165) is 4.90 Å². The van der Waals surface area contributed by atoms with Gasteiger partial charge in [-0.25, -0.2) is 0 Å². The SMILES string of the molecule is C=CN(C(C)=N)C(=O)c1c(Cl)cccc1Cl. The molecular weight excluding hydrogens is 247 g/mol. The largest absolute Gasteiger partial charge is 0.288 e. The lowest BCUT2D eigenvalue weighted by atomic mass is 10.2. The summed E-state index contributed by atoms with van der Waals surface area (Å²) in [6.07, 6.45) is 1.25. The maximum absolute atomic E-state index is 12.0. The minimum absolute atomic E-state index is 0.0518. The van der Waals surface area contributed by atoms with Crippen LogP contribution in [-0.4, -0.2) is 16.6 Å². The minimum atomic E-state index is -0.460. The van der Waals surface area contributed by atoms with Gasteiger partial charge in [-0.15, -0.1) is 0 Å². The molecule has 1 aromatic rings. The number of halogens is 2. The van der Waals surface area contributed by atoms with Crippen LogP contribution >= 0.6 is 23.2 Å². The topological polar surface area (TPSA) is 44.2 Å². The van der Waals surface area contributed by atoms with E-state index < -0.39 is 5.91 Å². The number of amides is 1. The van der Waals surface area contributed by atoms with Gasteiger partial charge in [0, 0.05) is 6.20 Å². The Morgan fingerprint density at radius 1 is 1.44 bits per heavy atom. The number of hydrogen-bond acceptors (Lipinski definition) is 2. The molecule has 16 heavy (non-hydrogen) atoms. The number of benzene rings is 1. The van der Waals surface area contributed by atoms with Crippen molar-refractivity contribution in [3.8, 4) is 0 Å². The minimum Gasteiger partial charge on any atom is -0.288 e. The van der Waals surface area contributed by atoms with Crippen molar-refractivity contribution in [2.75, 3.05) is 0 Å². The molecule has 0 aromatic heterocycles. The lowest BCUT2D eigenvalue weighted by Crippen LogP contribution is -2.29. The average molecular weight is 257 g/mol. The van der Waals surface area contributed by atoms with Gasteiger partial charge < -0.3 is 0 Å². The normalized spacial score (nSPS) is 9.69. The summed E-state index contributed by atoms with van der Waals surface area (Å²) < 4.78 is 0. The predicted octanol–water partition coefficient (Wildman–Crippen LogP) is 3.58. The van der Waals surface area contributed by atoms with Crippen molar-refractivity contribution < 1.29 is 4.79 Å². The summed E-state index contributed by atoms with van der Waals surface area (Å²) >= 11 is 11.8. The Hall–Kier alpha value is -1.32. The molecule has 0 saturated carbocycles. The van der Waals surface area contributed by atoms with E-state index in [2.05, 4.69) is 6.58 Å². The fourth-order valence-corrected chi connectivity index (χ4v) is 1.75. The van der Waals surface area contributed by atoms with E-state index in [9.17, 15) is 4.79 Å². The molecule has 1 rings (SSSR count). The van der Waals surface area contributed by atoms with Gasteiger partial charge in [0.25, 0.3) is 5.91 Å². The third-order valence-electron chi connectivity index (χ3n) is 1.94. The lowest BCUT2D eigenvalue weighted by molar-refractivity contribution is 0.0887. The summed E-state index contributed by atoms with van der Waals surface area (Å²) in [5, 5.41) is 7.93. The number of carbonyl (C=O) groups excluding carboxylic acids is 1. The maximum Gasteiger partial charge on any atom is 0.266 e. The van der Waals surface area contributed by atoms with E-state index >= 15 is 0 Å². The van der Waals surface area contributed by atoms with Gasteiger partial charge >= 0.3 is 0 Å². The van der Waals surface area contributed by atoms with Crippen LogP contribution in [0.15, 0.2) is 31.0 Å². The van der Waals surface area contributed by atoms with Gasteiger partial charge in [-0.05, 0) is 19.1 Å². The van der Waals surface area contributed by atoms with Crippen molar-refractivity contribution in [1.82, 2.24) is 4.90 Å². The van der Waals surface area contributed by atoms with E-state index in [1.165, 1.54) is 13.1 Å². The summed E-state index contributed by atoms with van der Waals surface area (Å²) in [4.78, 5) is 13.1. The zero-order valence-electron chi connectivity index (χ0n) is 8.63. The molecule has 0 heterocycles. The highest BCUT2D eigenvalue weighted by Crippen LogP contribution is 2.25. The highest BCUT2D eigenvalue weighted by atomic mass is 35.5. The van der Waals surface area contributed by atoms with Gasteiger partial charge in [-0.1, -0.05) is 35.8 Å². The molecule has 0 unspecified atom stereocenters. The lowest BCUT2D eigenvalue weighted by Gasteiger charge is -2.17. The van der Waals surface area contributed by atoms with Crippen LogP contribution in [0.1, 0.15) is 17.3 Å². The maximum atomic E-state index is 12.0. The smallest absolute Gasteiger partial charge is 0.266 e. The van der Waals surface area contributed by atoms with Crippen molar-refractivity contribution in [2.45, 2.75) is 6.92 Å². The van der Waals surface area contributed by atoms with Gasteiger partial charge in [-0.2, -0.15) is 0 Å². The van der Waals surface area contributed by atoms with E-state index in [1.807, 2.05) is 0 Å². The molecule has 3 nitrogen and oxygen atoms in total. The molecule has 1 amide bonds. The number of hydrogen-bond donors (Lipinski definition) is 1. The number of nitrogens with one attached hydrogen (secondary N) is 1. The van der Waals surface area contributed by atoms with Crippen LogP contribution in [0, 0.1) is 5.41 Å². The predicted molar refractivity (Wildman–Crippen MR) is 66.2 cm³/mol. The molecule has 0 aliphatic carbocycles. The summed E-state index contributed by atoms with van der Waals surface area (Å²) in [5.41, 5.74) is 0.178. The molecule has 0 bridgehead atoms. The van der Waals surface area contributed by atoms with E-state index in [0.29, 0.717) is 0 Å². The molecule has 0 spiro atoms. The quantitative estimate of drug-likeness (QED) is 0.638. The van der Waals surface area contributed by atoms with Crippen molar-refractivity contribution in [2.24, 2.45) is 0 Å². The Morgan fingerprint density at radius 2 is 1.94 bits per heavy atom. The molecule has 0 fully saturated rings. The second kappa shape index (κ2) is 5.14. The summed E-state index contributed by atoms with van der Waals surface area (Å²) in [7, 11) is 0. The zero-order valence-corrected chi connectivity index (χ0v) is 10.1. The van der Waals surface area contributed by atoms with E-state index in [1.54, 1.807) is 18.2 Å². The third-order valence-corrected chi connectivity index (χ3v) is 2.57. The Labute approximate surface area is 104 Å². The molecular formula is C11H10Cl2N2O. The molecule has 1 aromatic carbocycles. The van der Waals surface area contributed by atoms with E-state index in [-0.39, 0.29) is 21.4 Å². The number of carbonyl (C=O) groups is 1. The molecule has 0 atom stereocenters. The van der Waals surface area contributed by atoms with Crippen LogP contribution in [0.4, 0.5) is 0 Å². The van der Waals surface area contributed by atoms with Crippen LogP contribution < -0.4 is 0 Å². The molecule has 84 valence electrons. The molecule has 0 saturated heterocycles. The second-order valence-corrected chi connectivity index (χ2v) is 3.85. The average Bonchev–Trinajstić information content (AvgIpc) is 2.17. The van der Waals surface area contributed by atoms with Gasteiger partial charge in [0.05, 0.1) is 15.6 Å². The molecule has 0 aliphatic heterocycles. The van der Waals surface area contributed by atoms with Crippen LogP contribution in [0.3, 0.4) is 0 Å². The summed E-state index contributed by atoms with van der Waals surface area (Å²) in [6.45, 7) is 4.94. The fraction of sp³-hybridized carbons (Fsp3) is 0.0909. The van der Waals surface area contributed by atoms with Crippen molar-refractivity contribution >= 4 is 34.9 Å². The number of rotatable bonds is 2. The Kier molecular flexibility index (Phi) is 4.10. The number of nitrogens with zero attached hydrogens (tertiary/aromatic N) is 1. The first kappa shape index (κ1) is 12.7. The summed E-state index contributed by atoms with van der Waals surface area (Å²) in [6, 6.07) is 4.79. The zero-order chi connectivity index (χ0) is 12.3. The van der Waals surface area contributed by atoms with Gasteiger partial charge in [0.1, 0.15) is 5.84 Å². The monoisotopic (exact) mass is 256 g/mol. The first-order valence-corrected chi connectivity index (χ1v) is 5.20. The van der Waals surface area contributed by atoms with Gasteiger partial charge in [0.2, 0.25) is 0 Å². The van der Waals surface area contributed by atoms with Crippen LogP contribution in [0.5, 0.6) is 0 Å². The van der Waals surface area contributed by atoms with Crippen molar-refractivity contribution in [3.05, 3.63) is 46.6 Å². The third kappa shape index (κ3) is 2.43. The highest BCUT2D eigenvalue weighted by Gasteiger charge is 2.20. The van der Waals surface area contributed by atoms with Gasteiger partial charge in [0.15, 0.2) is 0 Å². The van der Waals surface area contributed by atoms with Crippen LogP contribution in [-0.2, 0) is 0 Å². The Morgan fingerprint density at radius 3 is 2.31 bits per heavy atom. The van der Waals surface area contributed by atoms with Crippen molar-refractivity contribution in [3.63, 3.8) is 0 Å². The first-order chi connectivity index (χ1) is 7.49. The first-order valence-electron chi connectivity index (χ1n) is 4.44. The standard InChI is InChI=1S/C11H10Cl2N2O/c1-3-15(7(2)14)11(16)10-8(12)5-4-6-9(10)13/h3-6,14H,1H2,2H3. The summed E-state index contributed by atoms with van der Waals surface area (Å²) in [5.74, 6) is -0.408. The molecule has 5 heteroatoms. The Balaban J connectivity index is 3.23. The highest BCUT2D eigenvalue weighted by molar-refractivity contribution is 6.40. The van der Waals surface area contributed by atoms with Crippen LogP contribution in [0.2, 0.25) is 10.0 Å².